The van der Waals surface area contributed by atoms with Gasteiger partial charge in [-0.2, -0.15) is 0 Å². The molecule has 1 spiro atoms. The minimum Gasteiger partial charge on any atom is -0.467 e. The topological polar surface area (TPSA) is 44.8 Å². The molecule has 2 fully saturated rings. The standard InChI is InChI=1S/C15H16Cl2O4/c1-19-14(18)13-12(10-5-4-9(16)8-11(10)17)20-15(21-13)6-2-3-7-15/h4-5,8,12-13H,2-3,6-7H2,1H3/t12-,13+/m1/s1. The molecule has 0 bridgehead atoms. The third kappa shape index (κ3) is 2.78. The van der Waals surface area contributed by atoms with Gasteiger partial charge in [-0.25, -0.2) is 4.79 Å². The molecule has 2 atom stereocenters. The van der Waals surface area contributed by atoms with Crippen LogP contribution in [0.5, 0.6) is 0 Å². The molecule has 0 aromatic heterocycles. The van der Waals surface area contributed by atoms with E-state index >= 15 is 0 Å². The van der Waals surface area contributed by atoms with E-state index in [4.69, 9.17) is 37.4 Å². The van der Waals surface area contributed by atoms with Gasteiger partial charge in [-0.15, -0.1) is 0 Å². The second-order valence-electron chi connectivity index (χ2n) is 5.38. The number of hydrogen-bond donors (Lipinski definition) is 0. The van der Waals surface area contributed by atoms with E-state index in [1.807, 2.05) is 0 Å². The molecular formula is C15H16Cl2O4. The molecule has 4 nitrogen and oxygen atoms in total. The summed E-state index contributed by atoms with van der Waals surface area (Å²) in [5.74, 6) is -1.14. The van der Waals surface area contributed by atoms with Crippen molar-refractivity contribution >= 4 is 29.2 Å². The zero-order valence-electron chi connectivity index (χ0n) is 11.6. The predicted molar refractivity (Wildman–Crippen MR) is 78.4 cm³/mol. The highest BCUT2D eigenvalue weighted by Crippen LogP contribution is 2.48. The van der Waals surface area contributed by atoms with Gasteiger partial charge >= 0.3 is 5.97 Å². The van der Waals surface area contributed by atoms with Crippen LogP contribution in [0.15, 0.2) is 18.2 Å². The van der Waals surface area contributed by atoms with Crippen LogP contribution < -0.4 is 0 Å². The Hall–Kier alpha value is -0.810. The van der Waals surface area contributed by atoms with Gasteiger partial charge in [0.05, 0.1) is 7.11 Å². The lowest BCUT2D eigenvalue weighted by Crippen LogP contribution is -2.30. The van der Waals surface area contributed by atoms with Gasteiger partial charge in [0.1, 0.15) is 6.10 Å². The Morgan fingerprint density at radius 2 is 2.00 bits per heavy atom. The summed E-state index contributed by atoms with van der Waals surface area (Å²) in [4.78, 5) is 12.0. The van der Waals surface area contributed by atoms with Crippen molar-refractivity contribution in [1.82, 2.24) is 0 Å². The first kappa shape index (κ1) is 15.1. The first-order valence-corrected chi connectivity index (χ1v) is 7.69. The lowest BCUT2D eigenvalue weighted by Gasteiger charge is -2.21. The molecule has 114 valence electrons. The molecule has 0 N–H and O–H groups in total. The van der Waals surface area contributed by atoms with Gasteiger partial charge in [0.15, 0.2) is 11.9 Å². The molecule has 0 unspecified atom stereocenters. The molecule has 1 saturated heterocycles. The minimum absolute atomic E-state index is 0.449. The van der Waals surface area contributed by atoms with Crippen molar-refractivity contribution in [1.29, 1.82) is 0 Å². The average molecular weight is 331 g/mol. The number of hydrogen-bond acceptors (Lipinski definition) is 4. The quantitative estimate of drug-likeness (QED) is 0.771. The van der Waals surface area contributed by atoms with Gasteiger partial charge in [0.2, 0.25) is 0 Å². The maximum absolute atomic E-state index is 12.0. The van der Waals surface area contributed by atoms with Crippen LogP contribution in [-0.2, 0) is 19.0 Å². The maximum atomic E-state index is 12.0. The molecule has 2 aliphatic rings. The van der Waals surface area contributed by atoms with E-state index in [0.717, 1.165) is 25.7 Å². The normalized spacial score (nSPS) is 27.2. The Labute approximate surface area is 133 Å². The summed E-state index contributed by atoms with van der Waals surface area (Å²) < 4.78 is 16.9. The number of methoxy groups -OCH3 is 1. The van der Waals surface area contributed by atoms with Crippen molar-refractivity contribution in [2.45, 2.75) is 43.7 Å². The SMILES string of the molecule is COC(=O)[C@H]1OC2(CCCC2)O[C@@H]1c1ccc(Cl)cc1Cl. The number of benzene rings is 1. The Morgan fingerprint density at radius 3 is 2.62 bits per heavy atom. The van der Waals surface area contributed by atoms with E-state index in [1.54, 1.807) is 18.2 Å². The number of ether oxygens (including phenoxy) is 3. The molecule has 1 aliphatic heterocycles. The zero-order chi connectivity index (χ0) is 15.0. The summed E-state index contributed by atoms with van der Waals surface area (Å²) >= 11 is 12.2. The number of rotatable bonds is 2. The van der Waals surface area contributed by atoms with Gasteiger partial charge in [-0.1, -0.05) is 29.3 Å². The third-order valence-corrected chi connectivity index (χ3v) is 4.59. The fourth-order valence-electron chi connectivity index (χ4n) is 3.01. The van der Waals surface area contributed by atoms with Gasteiger partial charge in [0.25, 0.3) is 0 Å². The van der Waals surface area contributed by atoms with E-state index in [1.165, 1.54) is 7.11 Å². The number of halogens is 2. The van der Waals surface area contributed by atoms with Gasteiger partial charge in [0, 0.05) is 28.5 Å². The van der Waals surface area contributed by atoms with Crippen LogP contribution in [0.1, 0.15) is 37.4 Å². The largest absolute Gasteiger partial charge is 0.467 e. The predicted octanol–water partition coefficient (Wildman–Crippen LogP) is 3.89. The van der Waals surface area contributed by atoms with Crippen LogP contribution in [0.2, 0.25) is 10.0 Å². The fourth-order valence-corrected chi connectivity index (χ4v) is 3.53. The molecule has 0 amide bonds. The lowest BCUT2D eigenvalue weighted by molar-refractivity contribution is -0.180. The lowest BCUT2D eigenvalue weighted by atomic mass is 10.0. The van der Waals surface area contributed by atoms with Crippen molar-refractivity contribution in [3.05, 3.63) is 33.8 Å². The van der Waals surface area contributed by atoms with Gasteiger partial charge in [-0.05, 0) is 25.0 Å². The van der Waals surface area contributed by atoms with E-state index < -0.39 is 24.0 Å². The van der Waals surface area contributed by atoms with Crippen molar-refractivity contribution in [3.8, 4) is 0 Å². The third-order valence-electron chi connectivity index (χ3n) is 4.03. The summed E-state index contributed by atoms with van der Waals surface area (Å²) in [6.07, 6.45) is 2.24. The highest BCUT2D eigenvalue weighted by atomic mass is 35.5. The number of carbonyl (C=O) groups is 1. The first-order chi connectivity index (χ1) is 10.0. The van der Waals surface area contributed by atoms with Gasteiger partial charge in [-0.3, -0.25) is 0 Å². The van der Waals surface area contributed by atoms with Crippen LogP contribution in [0, 0.1) is 0 Å². The molecule has 0 radical (unpaired) electrons. The van der Waals surface area contributed by atoms with Crippen molar-refractivity contribution in [2.75, 3.05) is 7.11 Å². The summed E-state index contributed by atoms with van der Waals surface area (Å²) in [5.41, 5.74) is 0.695. The smallest absolute Gasteiger partial charge is 0.338 e. The molecule has 1 saturated carbocycles. The molecular weight excluding hydrogens is 315 g/mol. The van der Waals surface area contributed by atoms with Gasteiger partial charge < -0.3 is 14.2 Å². The highest BCUT2D eigenvalue weighted by Gasteiger charge is 2.53. The second-order valence-corrected chi connectivity index (χ2v) is 6.23. The summed E-state index contributed by atoms with van der Waals surface area (Å²) in [5, 5.41) is 0.993. The van der Waals surface area contributed by atoms with Crippen LogP contribution in [-0.4, -0.2) is 25.0 Å². The van der Waals surface area contributed by atoms with Crippen LogP contribution in [0.25, 0.3) is 0 Å². The molecule has 6 heteroatoms. The van der Waals surface area contributed by atoms with E-state index in [9.17, 15) is 4.79 Å². The summed E-state index contributed by atoms with van der Waals surface area (Å²) in [6, 6.07) is 5.12. The Balaban J connectivity index is 1.95. The van der Waals surface area contributed by atoms with E-state index in [-0.39, 0.29) is 0 Å². The van der Waals surface area contributed by atoms with Crippen molar-refractivity contribution in [2.24, 2.45) is 0 Å². The molecule has 3 rings (SSSR count). The zero-order valence-corrected chi connectivity index (χ0v) is 13.1. The van der Waals surface area contributed by atoms with Crippen molar-refractivity contribution < 1.29 is 19.0 Å². The van der Waals surface area contributed by atoms with Crippen molar-refractivity contribution in [3.63, 3.8) is 0 Å². The van der Waals surface area contributed by atoms with Crippen LogP contribution in [0.3, 0.4) is 0 Å². The summed E-state index contributed by atoms with van der Waals surface area (Å²) in [7, 11) is 1.34. The second kappa shape index (κ2) is 5.76. The molecule has 1 aromatic carbocycles. The number of carbonyl (C=O) groups excluding carboxylic acids is 1. The Bertz CT molecular complexity index is 555. The summed E-state index contributed by atoms with van der Waals surface area (Å²) in [6.45, 7) is 0. The maximum Gasteiger partial charge on any atom is 0.338 e. The molecule has 21 heavy (non-hydrogen) atoms. The first-order valence-electron chi connectivity index (χ1n) is 6.93. The van der Waals surface area contributed by atoms with Crippen LogP contribution in [0.4, 0.5) is 0 Å². The molecule has 1 aliphatic carbocycles. The Kier molecular flexibility index (Phi) is 4.14. The highest BCUT2D eigenvalue weighted by molar-refractivity contribution is 6.35. The molecule has 1 aromatic rings. The monoisotopic (exact) mass is 330 g/mol. The van der Waals surface area contributed by atoms with E-state index in [0.29, 0.717) is 15.6 Å². The Morgan fingerprint density at radius 1 is 1.29 bits per heavy atom. The fraction of sp³-hybridized carbons (Fsp3) is 0.533. The number of esters is 1. The minimum atomic E-state index is -0.799. The van der Waals surface area contributed by atoms with Crippen LogP contribution >= 0.6 is 23.2 Å². The molecule has 1 heterocycles. The van der Waals surface area contributed by atoms with E-state index in [2.05, 4.69) is 0 Å². The average Bonchev–Trinajstić information content (AvgIpc) is 3.06.